The van der Waals surface area contributed by atoms with Crippen LogP contribution in [-0.2, 0) is 9.84 Å². The molecule has 5 rings (SSSR count). The molecule has 3 aliphatic heterocycles. The standard InChI is InChI=1S/C22H29NO5Si/c1-21(2,3)29(4,5)28-13-6-7-22-15-10-17-16(26-12-27-17)9-14(15)20(25)23(11-19(22)24)18(22)8-13/h6-7,9-10,13,18-19,24H,8,11-12H2,1-5H3/t13-,18-,19-,22-/m0/s1. The molecule has 1 aromatic rings. The number of aliphatic hydroxyl groups excluding tert-OH is 1. The van der Waals surface area contributed by atoms with E-state index in [4.69, 9.17) is 13.9 Å². The predicted octanol–water partition coefficient (Wildman–Crippen LogP) is 3.20. The van der Waals surface area contributed by atoms with E-state index in [-0.39, 0.29) is 29.9 Å². The molecule has 4 aliphatic rings. The van der Waals surface area contributed by atoms with Crippen LogP contribution in [0.2, 0.25) is 18.1 Å². The predicted molar refractivity (Wildman–Crippen MR) is 111 cm³/mol. The summed E-state index contributed by atoms with van der Waals surface area (Å²) in [6, 6.07) is 3.56. The Balaban J connectivity index is 1.57. The summed E-state index contributed by atoms with van der Waals surface area (Å²) in [5.41, 5.74) is 0.841. The third-order valence-electron chi connectivity index (χ3n) is 7.61. The van der Waals surface area contributed by atoms with E-state index in [2.05, 4.69) is 46.0 Å². The summed E-state index contributed by atoms with van der Waals surface area (Å²) in [5, 5.41) is 11.2. The van der Waals surface area contributed by atoms with Crippen LogP contribution in [0.15, 0.2) is 24.3 Å². The Morgan fingerprint density at radius 2 is 1.93 bits per heavy atom. The topological polar surface area (TPSA) is 68.2 Å². The number of aliphatic hydroxyl groups is 1. The Morgan fingerprint density at radius 1 is 1.24 bits per heavy atom. The molecule has 3 heterocycles. The van der Waals surface area contributed by atoms with Gasteiger partial charge in [-0.3, -0.25) is 4.79 Å². The first-order valence-corrected chi connectivity index (χ1v) is 13.3. The number of nitrogens with zero attached hydrogens (tertiary/aromatic N) is 1. The van der Waals surface area contributed by atoms with Gasteiger partial charge in [-0.1, -0.05) is 32.9 Å². The Hall–Kier alpha value is -1.83. The molecule has 1 aliphatic carbocycles. The van der Waals surface area contributed by atoms with E-state index in [1.807, 2.05) is 11.0 Å². The van der Waals surface area contributed by atoms with Crippen molar-refractivity contribution in [2.45, 2.75) is 69.0 Å². The van der Waals surface area contributed by atoms with E-state index in [1.165, 1.54) is 0 Å². The number of benzene rings is 1. The molecule has 7 heteroatoms. The quantitative estimate of drug-likeness (QED) is 0.593. The average Bonchev–Trinajstić information content (AvgIpc) is 3.19. The Bertz CT molecular complexity index is 921. The molecule has 1 saturated heterocycles. The zero-order valence-corrected chi connectivity index (χ0v) is 18.7. The smallest absolute Gasteiger partial charge is 0.254 e. The maximum Gasteiger partial charge on any atom is 0.254 e. The van der Waals surface area contributed by atoms with Crippen molar-refractivity contribution in [3.8, 4) is 11.5 Å². The summed E-state index contributed by atoms with van der Waals surface area (Å²) < 4.78 is 17.7. The van der Waals surface area contributed by atoms with Gasteiger partial charge in [-0.15, -0.1) is 0 Å². The first-order chi connectivity index (χ1) is 13.5. The minimum Gasteiger partial charge on any atom is -0.454 e. The van der Waals surface area contributed by atoms with Crippen LogP contribution >= 0.6 is 0 Å². The van der Waals surface area contributed by atoms with E-state index in [1.54, 1.807) is 6.07 Å². The zero-order valence-electron chi connectivity index (χ0n) is 17.7. The molecule has 29 heavy (non-hydrogen) atoms. The molecule has 156 valence electrons. The molecule has 1 N–H and O–H groups in total. The van der Waals surface area contributed by atoms with Crippen molar-refractivity contribution in [1.82, 2.24) is 4.90 Å². The van der Waals surface area contributed by atoms with Crippen molar-refractivity contribution in [3.63, 3.8) is 0 Å². The van der Waals surface area contributed by atoms with E-state index in [0.29, 0.717) is 30.0 Å². The maximum atomic E-state index is 13.3. The largest absolute Gasteiger partial charge is 0.454 e. The Kier molecular flexibility index (Phi) is 3.87. The summed E-state index contributed by atoms with van der Waals surface area (Å²) in [4.78, 5) is 15.1. The summed E-state index contributed by atoms with van der Waals surface area (Å²) in [7, 11) is -1.95. The fourth-order valence-corrected chi connectivity index (χ4v) is 6.29. The molecule has 0 spiro atoms. The second-order valence-electron chi connectivity index (χ2n) is 10.2. The lowest BCUT2D eigenvalue weighted by Crippen LogP contribution is -2.55. The Labute approximate surface area is 172 Å². The lowest BCUT2D eigenvalue weighted by atomic mass is 9.65. The molecule has 2 bridgehead atoms. The van der Waals surface area contributed by atoms with Crippen molar-refractivity contribution in [1.29, 1.82) is 0 Å². The number of hydrogen-bond donors (Lipinski definition) is 1. The van der Waals surface area contributed by atoms with Gasteiger partial charge in [0.1, 0.15) is 0 Å². The van der Waals surface area contributed by atoms with Gasteiger partial charge in [-0.25, -0.2) is 0 Å². The second kappa shape index (κ2) is 5.86. The van der Waals surface area contributed by atoms with E-state index < -0.39 is 19.8 Å². The lowest BCUT2D eigenvalue weighted by Gasteiger charge is -2.47. The highest BCUT2D eigenvalue weighted by Crippen LogP contribution is 2.54. The monoisotopic (exact) mass is 415 g/mol. The number of ether oxygens (including phenoxy) is 2. The number of hydrogen-bond acceptors (Lipinski definition) is 5. The van der Waals surface area contributed by atoms with Crippen LogP contribution in [0, 0.1) is 0 Å². The number of amides is 1. The average molecular weight is 416 g/mol. The van der Waals surface area contributed by atoms with Crippen molar-refractivity contribution in [2.75, 3.05) is 13.3 Å². The summed E-state index contributed by atoms with van der Waals surface area (Å²) in [6.45, 7) is 11.7. The van der Waals surface area contributed by atoms with Crippen molar-refractivity contribution < 1.29 is 23.8 Å². The summed E-state index contributed by atoms with van der Waals surface area (Å²) in [6.07, 6.45) is 4.19. The van der Waals surface area contributed by atoms with Gasteiger partial charge in [0.25, 0.3) is 5.91 Å². The van der Waals surface area contributed by atoms with Crippen LogP contribution in [0.4, 0.5) is 0 Å². The van der Waals surface area contributed by atoms with Crippen LogP contribution in [0.3, 0.4) is 0 Å². The first kappa shape index (κ1) is 19.1. The molecule has 1 fully saturated rings. The molecule has 6 nitrogen and oxygen atoms in total. The number of rotatable bonds is 2. The molecular formula is C22H29NO5Si. The van der Waals surface area contributed by atoms with Gasteiger partial charge < -0.3 is 23.9 Å². The van der Waals surface area contributed by atoms with Crippen molar-refractivity contribution in [3.05, 3.63) is 35.4 Å². The van der Waals surface area contributed by atoms with Gasteiger partial charge >= 0.3 is 0 Å². The minimum absolute atomic E-state index is 0.0446. The van der Waals surface area contributed by atoms with Crippen LogP contribution in [0.1, 0.15) is 43.1 Å². The van der Waals surface area contributed by atoms with Gasteiger partial charge in [0, 0.05) is 12.1 Å². The van der Waals surface area contributed by atoms with Crippen LogP contribution in [-0.4, -0.2) is 55.8 Å². The van der Waals surface area contributed by atoms with Gasteiger partial charge in [0.2, 0.25) is 6.79 Å². The fourth-order valence-electron chi connectivity index (χ4n) is 5.00. The highest BCUT2D eigenvalue weighted by Gasteiger charge is 2.61. The highest BCUT2D eigenvalue weighted by molar-refractivity contribution is 6.74. The molecular weight excluding hydrogens is 386 g/mol. The molecule has 0 unspecified atom stereocenters. The van der Waals surface area contributed by atoms with E-state index in [9.17, 15) is 9.90 Å². The fraction of sp³-hybridized carbons (Fsp3) is 0.591. The second-order valence-corrected chi connectivity index (χ2v) is 14.9. The van der Waals surface area contributed by atoms with Gasteiger partial charge in [0.15, 0.2) is 19.8 Å². The van der Waals surface area contributed by atoms with Crippen LogP contribution in [0.25, 0.3) is 0 Å². The van der Waals surface area contributed by atoms with Crippen molar-refractivity contribution in [2.24, 2.45) is 0 Å². The normalized spacial score (nSPS) is 32.4. The third kappa shape index (κ3) is 2.50. The third-order valence-corrected chi connectivity index (χ3v) is 12.1. The van der Waals surface area contributed by atoms with E-state index in [0.717, 1.165) is 5.56 Å². The summed E-state index contributed by atoms with van der Waals surface area (Å²) >= 11 is 0. The van der Waals surface area contributed by atoms with Gasteiger partial charge in [-0.2, -0.15) is 0 Å². The maximum absolute atomic E-state index is 13.3. The van der Waals surface area contributed by atoms with Crippen LogP contribution in [0.5, 0.6) is 11.5 Å². The highest BCUT2D eigenvalue weighted by atomic mass is 28.4. The van der Waals surface area contributed by atoms with Crippen LogP contribution < -0.4 is 9.47 Å². The number of carbonyl (C=O) groups is 1. The molecule has 1 aromatic carbocycles. The molecule has 0 radical (unpaired) electrons. The first-order valence-electron chi connectivity index (χ1n) is 10.3. The van der Waals surface area contributed by atoms with Gasteiger partial charge in [-0.05, 0) is 42.2 Å². The summed E-state index contributed by atoms with van der Waals surface area (Å²) in [5.74, 6) is 1.20. The van der Waals surface area contributed by atoms with Gasteiger partial charge in [0.05, 0.1) is 23.7 Å². The molecule has 1 amide bonds. The SMILES string of the molecule is CC(C)(C)[Si](C)(C)O[C@H]1C=C[C@@]23c4cc5c(cc4C(=O)N(C[C@@H]2O)[C@H]3C1)OCO5. The van der Waals surface area contributed by atoms with E-state index >= 15 is 0 Å². The molecule has 0 saturated carbocycles. The molecule has 0 aromatic heterocycles. The Morgan fingerprint density at radius 3 is 2.62 bits per heavy atom. The minimum atomic E-state index is -1.95. The lowest BCUT2D eigenvalue weighted by molar-refractivity contribution is 0.0610. The molecule has 4 atom stereocenters. The number of fused-ring (bicyclic) bond motifs is 2. The zero-order chi connectivity index (χ0) is 20.8. The van der Waals surface area contributed by atoms with Crippen molar-refractivity contribution >= 4 is 14.2 Å². The number of carbonyl (C=O) groups excluding carboxylic acids is 1.